The van der Waals surface area contributed by atoms with Crippen molar-refractivity contribution in [2.24, 2.45) is 0 Å². The third-order valence-electron chi connectivity index (χ3n) is 5.06. The van der Waals surface area contributed by atoms with Crippen LogP contribution in [0.25, 0.3) is 5.65 Å². The van der Waals surface area contributed by atoms with Crippen molar-refractivity contribution in [3.05, 3.63) is 59.3 Å². The Morgan fingerprint density at radius 1 is 1.00 bits per heavy atom. The standard InChI is InChI=1S/C20H26N6/c1-16-11-17(2)26-20(23-16)19(13-22-26)15-25-8-4-7-24(9-10-25)14-18-5-3-6-21-12-18/h3,5-6,11-13H,4,7-10,14-15H2,1-2H3. The first-order valence-electron chi connectivity index (χ1n) is 9.33. The topological polar surface area (TPSA) is 49.6 Å². The highest BCUT2D eigenvalue weighted by molar-refractivity contribution is 5.47. The van der Waals surface area contributed by atoms with Gasteiger partial charge in [-0.3, -0.25) is 14.8 Å². The van der Waals surface area contributed by atoms with Crippen molar-refractivity contribution in [1.29, 1.82) is 0 Å². The molecule has 0 amide bonds. The summed E-state index contributed by atoms with van der Waals surface area (Å²) in [5.74, 6) is 0. The molecular weight excluding hydrogens is 324 g/mol. The smallest absolute Gasteiger partial charge is 0.159 e. The number of hydrogen-bond acceptors (Lipinski definition) is 5. The van der Waals surface area contributed by atoms with Gasteiger partial charge in [-0.25, -0.2) is 9.50 Å². The molecule has 6 nitrogen and oxygen atoms in total. The average Bonchev–Trinajstić information content (AvgIpc) is 2.89. The van der Waals surface area contributed by atoms with E-state index in [0.717, 1.165) is 56.3 Å². The molecule has 4 heterocycles. The van der Waals surface area contributed by atoms with Crippen LogP contribution < -0.4 is 0 Å². The number of fused-ring (bicyclic) bond motifs is 1. The van der Waals surface area contributed by atoms with E-state index in [9.17, 15) is 0 Å². The van der Waals surface area contributed by atoms with Gasteiger partial charge in [-0.15, -0.1) is 0 Å². The number of rotatable bonds is 4. The first kappa shape index (κ1) is 17.1. The summed E-state index contributed by atoms with van der Waals surface area (Å²) in [7, 11) is 0. The van der Waals surface area contributed by atoms with Gasteiger partial charge in [0.05, 0.1) is 6.20 Å². The van der Waals surface area contributed by atoms with Crippen LogP contribution in [0.1, 0.15) is 28.9 Å². The molecule has 1 saturated heterocycles. The second-order valence-electron chi connectivity index (χ2n) is 7.21. The zero-order valence-electron chi connectivity index (χ0n) is 15.6. The number of aryl methyl sites for hydroxylation is 2. The van der Waals surface area contributed by atoms with Crippen LogP contribution >= 0.6 is 0 Å². The van der Waals surface area contributed by atoms with Crippen LogP contribution in [0, 0.1) is 13.8 Å². The predicted molar refractivity (Wildman–Crippen MR) is 102 cm³/mol. The second-order valence-corrected chi connectivity index (χ2v) is 7.21. The molecule has 0 N–H and O–H groups in total. The van der Waals surface area contributed by atoms with E-state index in [1.165, 1.54) is 17.5 Å². The van der Waals surface area contributed by atoms with Crippen molar-refractivity contribution < 1.29 is 0 Å². The molecule has 0 unspecified atom stereocenters. The lowest BCUT2D eigenvalue weighted by molar-refractivity contribution is 0.247. The van der Waals surface area contributed by atoms with Gasteiger partial charge in [0.25, 0.3) is 0 Å². The Morgan fingerprint density at radius 3 is 2.58 bits per heavy atom. The van der Waals surface area contributed by atoms with E-state index in [-0.39, 0.29) is 0 Å². The predicted octanol–water partition coefficient (Wildman–Crippen LogP) is 2.45. The maximum atomic E-state index is 4.71. The lowest BCUT2D eigenvalue weighted by atomic mass is 10.2. The van der Waals surface area contributed by atoms with Crippen LogP contribution in [-0.2, 0) is 13.1 Å². The van der Waals surface area contributed by atoms with E-state index in [2.05, 4.69) is 38.9 Å². The average molecular weight is 350 g/mol. The minimum atomic E-state index is 0.917. The largest absolute Gasteiger partial charge is 0.298 e. The van der Waals surface area contributed by atoms with Gasteiger partial charge < -0.3 is 0 Å². The summed E-state index contributed by atoms with van der Waals surface area (Å²) < 4.78 is 1.95. The first-order valence-corrected chi connectivity index (χ1v) is 9.33. The molecule has 0 aromatic carbocycles. The van der Waals surface area contributed by atoms with Crippen molar-refractivity contribution >= 4 is 5.65 Å². The number of aromatic nitrogens is 4. The highest BCUT2D eigenvalue weighted by atomic mass is 15.3. The molecular formula is C20H26N6. The van der Waals surface area contributed by atoms with Gasteiger partial charge in [-0.2, -0.15) is 5.10 Å². The van der Waals surface area contributed by atoms with Crippen molar-refractivity contribution in [3.8, 4) is 0 Å². The minimum Gasteiger partial charge on any atom is -0.298 e. The maximum absolute atomic E-state index is 4.71. The molecule has 1 fully saturated rings. The fourth-order valence-corrected chi connectivity index (χ4v) is 3.76. The van der Waals surface area contributed by atoms with Crippen molar-refractivity contribution in [1.82, 2.24) is 29.4 Å². The number of pyridine rings is 1. The van der Waals surface area contributed by atoms with E-state index in [0.29, 0.717) is 0 Å². The van der Waals surface area contributed by atoms with Crippen LogP contribution in [0.3, 0.4) is 0 Å². The Balaban J connectivity index is 1.42. The highest BCUT2D eigenvalue weighted by Gasteiger charge is 2.17. The van der Waals surface area contributed by atoms with Gasteiger partial charge in [0.2, 0.25) is 0 Å². The summed E-state index contributed by atoms with van der Waals surface area (Å²) in [6.07, 6.45) is 6.97. The summed E-state index contributed by atoms with van der Waals surface area (Å²) in [5, 5.41) is 4.53. The van der Waals surface area contributed by atoms with Gasteiger partial charge in [0, 0.05) is 55.5 Å². The van der Waals surface area contributed by atoms with Gasteiger partial charge in [0.15, 0.2) is 5.65 Å². The molecule has 0 radical (unpaired) electrons. The molecule has 3 aromatic rings. The van der Waals surface area contributed by atoms with Gasteiger partial charge in [-0.1, -0.05) is 6.07 Å². The van der Waals surface area contributed by atoms with Crippen LogP contribution in [0.5, 0.6) is 0 Å². The van der Waals surface area contributed by atoms with Crippen LogP contribution in [-0.4, -0.2) is 55.6 Å². The molecule has 0 saturated carbocycles. The molecule has 136 valence electrons. The van der Waals surface area contributed by atoms with Crippen molar-refractivity contribution in [3.63, 3.8) is 0 Å². The van der Waals surface area contributed by atoms with E-state index in [1.807, 2.05) is 36.1 Å². The van der Waals surface area contributed by atoms with E-state index in [4.69, 9.17) is 4.98 Å². The summed E-state index contributed by atoms with van der Waals surface area (Å²) in [5.41, 5.74) is 5.70. The number of hydrogen-bond donors (Lipinski definition) is 0. The Bertz CT molecular complexity index is 873. The molecule has 3 aromatic heterocycles. The fourth-order valence-electron chi connectivity index (χ4n) is 3.76. The normalized spacial score (nSPS) is 16.8. The summed E-state index contributed by atoms with van der Waals surface area (Å²) in [4.78, 5) is 14.0. The summed E-state index contributed by atoms with van der Waals surface area (Å²) in [6.45, 7) is 10.4. The molecule has 0 bridgehead atoms. The molecule has 0 aliphatic carbocycles. The Labute approximate surface area is 154 Å². The van der Waals surface area contributed by atoms with Gasteiger partial charge in [0.1, 0.15) is 0 Å². The van der Waals surface area contributed by atoms with Gasteiger partial charge >= 0.3 is 0 Å². The minimum absolute atomic E-state index is 0.917. The third-order valence-corrected chi connectivity index (χ3v) is 5.06. The molecule has 4 rings (SSSR count). The Hall–Kier alpha value is -2.31. The Kier molecular flexibility index (Phi) is 4.95. The number of nitrogens with zero attached hydrogens (tertiary/aromatic N) is 6. The molecule has 1 aliphatic heterocycles. The van der Waals surface area contributed by atoms with E-state index in [1.54, 1.807) is 0 Å². The van der Waals surface area contributed by atoms with Crippen molar-refractivity contribution in [2.75, 3.05) is 26.2 Å². The van der Waals surface area contributed by atoms with Crippen LogP contribution in [0.2, 0.25) is 0 Å². The highest BCUT2D eigenvalue weighted by Crippen LogP contribution is 2.16. The van der Waals surface area contributed by atoms with E-state index < -0.39 is 0 Å². The van der Waals surface area contributed by atoms with Crippen LogP contribution in [0.15, 0.2) is 36.8 Å². The van der Waals surface area contributed by atoms with Gasteiger partial charge in [-0.05, 0) is 51.1 Å². The second kappa shape index (κ2) is 7.51. The van der Waals surface area contributed by atoms with E-state index >= 15 is 0 Å². The molecule has 26 heavy (non-hydrogen) atoms. The molecule has 0 atom stereocenters. The summed E-state index contributed by atoms with van der Waals surface area (Å²) >= 11 is 0. The SMILES string of the molecule is Cc1cc(C)n2ncc(CN3CCCN(Cc4cccnc4)CC3)c2n1. The zero-order valence-corrected chi connectivity index (χ0v) is 15.6. The first-order chi connectivity index (χ1) is 12.7. The lowest BCUT2D eigenvalue weighted by Crippen LogP contribution is -2.30. The maximum Gasteiger partial charge on any atom is 0.159 e. The lowest BCUT2D eigenvalue weighted by Gasteiger charge is -2.21. The molecule has 6 heteroatoms. The fraction of sp³-hybridized carbons (Fsp3) is 0.450. The third kappa shape index (κ3) is 3.76. The van der Waals surface area contributed by atoms with Crippen LogP contribution in [0.4, 0.5) is 0 Å². The zero-order chi connectivity index (χ0) is 17.9. The summed E-state index contributed by atoms with van der Waals surface area (Å²) in [6, 6.07) is 6.25. The molecule has 0 spiro atoms. The Morgan fingerprint density at radius 2 is 1.81 bits per heavy atom. The quantitative estimate of drug-likeness (QED) is 0.723. The van der Waals surface area contributed by atoms with Crippen molar-refractivity contribution in [2.45, 2.75) is 33.4 Å². The molecule has 1 aliphatic rings. The monoisotopic (exact) mass is 350 g/mol.